The van der Waals surface area contributed by atoms with Gasteiger partial charge in [-0.3, -0.25) is 9.69 Å². The summed E-state index contributed by atoms with van der Waals surface area (Å²) in [5, 5.41) is 0. The summed E-state index contributed by atoms with van der Waals surface area (Å²) in [5.41, 5.74) is 0.406. The summed E-state index contributed by atoms with van der Waals surface area (Å²) in [4.78, 5) is 32.0. The first-order valence-corrected chi connectivity index (χ1v) is 12.8. The van der Waals surface area contributed by atoms with Crippen LogP contribution >= 0.6 is 11.8 Å². The lowest BCUT2D eigenvalue weighted by atomic mass is 10.1. The molecule has 2 aromatic rings. The Labute approximate surface area is 215 Å². The lowest BCUT2D eigenvalue weighted by molar-refractivity contribution is -0.137. The van der Waals surface area contributed by atoms with E-state index in [1.54, 1.807) is 12.1 Å². The van der Waals surface area contributed by atoms with E-state index in [4.69, 9.17) is 4.74 Å². The van der Waals surface area contributed by atoms with E-state index < -0.39 is 17.8 Å². The highest BCUT2D eigenvalue weighted by Gasteiger charge is 2.30. The number of carbonyl (C=O) groups is 2. The van der Waals surface area contributed by atoms with Crippen molar-refractivity contribution in [3.8, 4) is 0 Å². The molecule has 0 saturated heterocycles. The number of anilines is 1. The summed E-state index contributed by atoms with van der Waals surface area (Å²) in [6.07, 6.45) is -3.14. The molecule has 0 saturated carbocycles. The van der Waals surface area contributed by atoms with E-state index >= 15 is 0 Å². The van der Waals surface area contributed by atoms with Crippen molar-refractivity contribution in [1.82, 2.24) is 9.80 Å². The third-order valence-electron chi connectivity index (χ3n) is 5.24. The van der Waals surface area contributed by atoms with Gasteiger partial charge in [0.2, 0.25) is 5.91 Å². The second kappa shape index (κ2) is 13.5. The van der Waals surface area contributed by atoms with E-state index in [9.17, 15) is 22.8 Å². The van der Waals surface area contributed by atoms with Crippen molar-refractivity contribution in [1.29, 1.82) is 0 Å². The second-order valence-electron chi connectivity index (χ2n) is 9.04. The maximum Gasteiger partial charge on any atom is 0.416 e. The number of nitrogens with zero attached hydrogens (tertiary/aromatic N) is 3. The largest absolute Gasteiger partial charge is 0.449 e. The highest BCUT2D eigenvalue weighted by Crippen LogP contribution is 2.32. The smallest absolute Gasteiger partial charge is 0.416 e. The van der Waals surface area contributed by atoms with Gasteiger partial charge in [-0.25, -0.2) is 4.79 Å². The van der Waals surface area contributed by atoms with Crippen LogP contribution in [-0.2, 0) is 22.3 Å². The Morgan fingerprint density at radius 2 is 1.64 bits per heavy atom. The van der Waals surface area contributed by atoms with Crippen molar-refractivity contribution in [2.24, 2.45) is 5.92 Å². The summed E-state index contributed by atoms with van der Waals surface area (Å²) in [6.45, 7) is 4.72. The lowest BCUT2D eigenvalue weighted by Crippen LogP contribution is -2.45. The van der Waals surface area contributed by atoms with Gasteiger partial charge in [0.15, 0.2) is 0 Å². The fourth-order valence-corrected chi connectivity index (χ4v) is 3.88. The SMILES string of the molecule is CSc1ccccc1N(Cc1ccc(C(F)(F)F)cc1)C(=O)CN(CCN(C)C)C(=O)OCC(C)C. The Morgan fingerprint density at radius 1 is 1.00 bits per heavy atom. The monoisotopic (exact) mass is 525 g/mol. The molecule has 2 amide bonds. The normalized spacial score (nSPS) is 11.6. The van der Waals surface area contributed by atoms with Crippen molar-refractivity contribution in [2.45, 2.75) is 31.5 Å². The van der Waals surface area contributed by atoms with Crippen molar-refractivity contribution in [3.63, 3.8) is 0 Å². The third-order valence-corrected chi connectivity index (χ3v) is 6.03. The number of alkyl halides is 3. The van der Waals surface area contributed by atoms with E-state index in [0.29, 0.717) is 17.8 Å². The Morgan fingerprint density at radius 3 is 2.19 bits per heavy atom. The fraction of sp³-hybridized carbons (Fsp3) is 0.462. The number of amides is 2. The Bertz CT molecular complexity index is 998. The zero-order chi connectivity index (χ0) is 26.9. The quantitative estimate of drug-likeness (QED) is 0.357. The number of hydrogen-bond donors (Lipinski definition) is 0. The van der Waals surface area contributed by atoms with Crippen LogP contribution in [0.15, 0.2) is 53.4 Å². The molecule has 0 atom stereocenters. The zero-order valence-electron chi connectivity index (χ0n) is 21.3. The molecule has 0 N–H and O–H groups in total. The number of hydrogen-bond acceptors (Lipinski definition) is 5. The number of likely N-dealkylation sites (N-methyl/N-ethyl adjacent to an activating group) is 1. The number of thioether (sulfide) groups is 1. The van der Waals surface area contributed by atoms with E-state index in [-0.39, 0.29) is 38.1 Å². The minimum absolute atomic E-state index is 0.0527. The van der Waals surface area contributed by atoms with Gasteiger partial charge >= 0.3 is 12.3 Å². The molecule has 36 heavy (non-hydrogen) atoms. The summed E-state index contributed by atoms with van der Waals surface area (Å²) in [6, 6.07) is 12.0. The van der Waals surface area contributed by atoms with Crippen molar-refractivity contribution in [3.05, 3.63) is 59.7 Å². The molecule has 0 heterocycles. The molecular weight excluding hydrogens is 491 g/mol. The van der Waals surface area contributed by atoms with Gasteiger partial charge in [0, 0.05) is 18.0 Å². The van der Waals surface area contributed by atoms with Crippen molar-refractivity contribution in [2.75, 3.05) is 51.5 Å². The Balaban J connectivity index is 2.35. The third kappa shape index (κ3) is 9.05. The summed E-state index contributed by atoms with van der Waals surface area (Å²) < 4.78 is 44.4. The second-order valence-corrected chi connectivity index (χ2v) is 9.89. The fourth-order valence-electron chi connectivity index (χ4n) is 3.28. The molecule has 0 aliphatic heterocycles. The summed E-state index contributed by atoms with van der Waals surface area (Å²) >= 11 is 1.45. The minimum atomic E-state index is -4.44. The number of ether oxygens (including phenoxy) is 1. The van der Waals surface area contributed by atoms with Crippen molar-refractivity contribution >= 4 is 29.4 Å². The molecule has 0 radical (unpaired) electrons. The number of carbonyl (C=O) groups excluding carboxylic acids is 2. The average molecular weight is 526 g/mol. The highest BCUT2D eigenvalue weighted by atomic mass is 32.2. The van der Waals surface area contributed by atoms with Crippen LogP contribution in [0.4, 0.5) is 23.7 Å². The van der Waals surface area contributed by atoms with Gasteiger partial charge < -0.3 is 14.5 Å². The van der Waals surface area contributed by atoms with Crippen LogP contribution in [0.5, 0.6) is 0 Å². The van der Waals surface area contributed by atoms with Gasteiger partial charge in [-0.1, -0.05) is 38.1 Å². The molecule has 198 valence electrons. The number of benzene rings is 2. The van der Waals surface area contributed by atoms with Crippen LogP contribution in [0.2, 0.25) is 0 Å². The maximum atomic E-state index is 13.6. The number of halogens is 3. The van der Waals surface area contributed by atoms with Crippen molar-refractivity contribution < 1.29 is 27.5 Å². The predicted octanol–water partition coefficient (Wildman–Crippen LogP) is 5.62. The molecule has 0 unspecified atom stereocenters. The molecule has 0 spiro atoms. The highest BCUT2D eigenvalue weighted by molar-refractivity contribution is 7.98. The zero-order valence-corrected chi connectivity index (χ0v) is 22.2. The molecule has 0 aliphatic carbocycles. The van der Waals surface area contributed by atoms with Crippen LogP contribution in [0.3, 0.4) is 0 Å². The van der Waals surface area contributed by atoms with E-state index in [1.807, 2.05) is 51.2 Å². The molecule has 0 fully saturated rings. The number of rotatable bonds is 11. The molecular formula is C26H34F3N3O3S. The van der Waals surface area contributed by atoms with Crippen LogP contribution in [0, 0.1) is 5.92 Å². The summed E-state index contributed by atoms with van der Waals surface area (Å²) in [7, 11) is 3.73. The van der Waals surface area contributed by atoms with Gasteiger partial charge in [0.05, 0.1) is 24.4 Å². The molecule has 6 nitrogen and oxygen atoms in total. The predicted molar refractivity (Wildman–Crippen MR) is 137 cm³/mol. The molecule has 2 aromatic carbocycles. The minimum Gasteiger partial charge on any atom is -0.449 e. The molecule has 10 heteroatoms. The lowest BCUT2D eigenvalue weighted by Gasteiger charge is -2.29. The summed E-state index contributed by atoms with van der Waals surface area (Å²) in [5.74, 6) is -0.221. The first kappa shape index (κ1) is 29.5. The molecule has 0 aliphatic rings. The maximum absolute atomic E-state index is 13.6. The van der Waals surface area contributed by atoms with Gasteiger partial charge in [-0.2, -0.15) is 13.2 Å². The average Bonchev–Trinajstić information content (AvgIpc) is 2.83. The Hall–Kier alpha value is -2.72. The molecule has 2 rings (SSSR count). The molecule has 0 bridgehead atoms. The van der Waals surface area contributed by atoms with E-state index in [1.165, 1.54) is 33.7 Å². The van der Waals surface area contributed by atoms with Crippen LogP contribution < -0.4 is 4.90 Å². The van der Waals surface area contributed by atoms with Crippen LogP contribution in [0.1, 0.15) is 25.0 Å². The van der Waals surface area contributed by atoms with Gasteiger partial charge in [-0.15, -0.1) is 11.8 Å². The van der Waals surface area contributed by atoms with Gasteiger partial charge in [0.25, 0.3) is 0 Å². The topological polar surface area (TPSA) is 53.1 Å². The van der Waals surface area contributed by atoms with Gasteiger partial charge in [0.1, 0.15) is 6.54 Å². The standard InChI is InChI=1S/C26H34F3N3O3S/c1-19(2)18-35-25(34)31(15-14-30(3)4)17-24(33)32(22-8-6-7-9-23(22)36-5)16-20-10-12-21(13-11-20)26(27,28)29/h6-13,19H,14-18H2,1-5H3. The molecule has 0 aromatic heterocycles. The Kier molecular flexibility index (Phi) is 11.1. The van der Waals surface area contributed by atoms with Crippen LogP contribution in [-0.4, -0.2) is 68.4 Å². The van der Waals surface area contributed by atoms with Gasteiger partial charge in [-0.05, 0) is 56.1 Å². The first-order valence-electron chi connectivity index (χ1n) is 11.6. The van der Waals surface area contributed by atoms with E-state index in [2.05, 4.69) is 0 Å². The number of para-hydroxylation sites is 1. The van der Waals surface area contributed by atoms with Crippen LogP contribution in [0.25, 0.3) is 0 Å². The van der Waals surface area contributed by atoms with E-state index in [0.717, 1.165) is 17.0 Å². The first-order chi connectivity index (χ1) is 16.9.